The van der Waals surface area contributed by atoms with Gasteiger partial charge in [0.1, 0.15) is 21.7 Å². The van der Waals surface area contributed by atoms with Crippen LogP contribution in [0.1, 0.15) is 16.2 Å². The van der Waals surface area contributed by atoms with E-state index in [0.29, 0.717) is 27.8 Å². The lowest BCUT2D eigenvalue weighted by Gasteiger charge is -2.03. The monoisotopic (exact) mass is 332 g/mol. The van der Waals surface area contributed by atoms with Gasteiger partial charge in [0, 0.05) is 12.7 Å². The second kappa shape index (κ2) is 5.88. The van der Waals surface area contributed by atoms with Gasteiger partial charge in [0.05, 0.1) is 14.2 Å². The molecule has 2 heterocycles. The normalized spacial score (nSPS) is 10.8. The second-order valence-electron chi connectivity index (χ2n) is 4.92. The van der Waals surface area contributed by atoms with Crippen LogP contribution in [0.25, 0.3) is 10.2 Å². The van der Waals surface area contributed by atoms with Crippen molar-refractivity contribution in [2.45, 2.75) is 6.92 Å². The molecule has 2 aromatic heterocycles. The van der Waals surface area contributed by atoms with Crippen LogP contribution in [0.5, 0.6) is 11.5 Å². The number of anilines is 1. The number of fused-ring (bicyclic) bond motifs is 1. The number of nitrogens with zero attached hydrogens (tertiary/aromatic N) is 3. The molecule has 1 aromatic carbocycles. The van der Waals surface area contributed by atoms with Gasteiger partial charge in [0.15, 0.2) is 10.8 Å². The van der Waals surface area contributed by atoms with Crippen LogP contribution in [0.3, 0.4) is 0 Å². The van der Waals surface area contributed by atoms with E-state index >= 15 is 0 Å². The number of ether oxygens (including phenoxy) is 2. The van der Waals surface area contributed by atoms with E-state index in [-0.39, 0.29) is 5.91 Å². The summed E-state index contributed by atoms with van der Waals surface area (Å²) in [4.78, 5) is 16.7. The summed E-state index contributed by atoms with van der Waals surface area (Å²) in [5, 5.41) is 7.40. The van der Waals surface area contributed by atoms with Crippen LogP contribution < -0.4 is 14.8 Å². The van der Waals surface area contributed by atoms with Crippen molar-refractivity contribution in [3.05, 3.63) is 29.6 Å². The summed E-state index contributed by atoms with van der Waals surface area (Å²) in [5.74, 6) is 1.02. The van der Waals surface area contributed by atoms with Gasteiger partial charge >= 0.3 is 0 Å². The molecule has 0 unspecified atom stereocenters. The zero-order chi connectivity index (χ0) is 16.6. The lowest BCUT2D eigenvalue weighted by Crippen LogP contribution is -2.12. The Labute approximate surface area is 136 Å². The van der Waals surface area contributed by atoms with Crippen LogP contribution >= 0.6 is 11.3 Å². The van der Waals surface area contributed by atoms with Gasteiger partial charge in [0.2, 0.25) is 0 Å². The van der Waals surface area contributed by atoms with E-state index in [9.17, 15) is 4.79 Å². The minimum Gasteiger partial charge on any atom is -0.495 e. The van der Waals surface area contributed by atoms with E-state index in [4.69, 9.17) is 9.47 Å². The highest BCUT2D eigenvalue weighted by molar-refractivity contribution is 7.22. The maximum atomic E-state index is 12.3. The fraction of sp³-hybridized carbons (Fsp3) is 0.267. The summed E-state index contributed by atoms with van der Waals surface area (Å²) in [5.41, 5.74) is 1.91. The van der Waals surface area contributed by atoms with Gasteiger partial charge in [-0.3, -0.25) is 14.8 Å². The summed E-state index contributed by atoms with van der Waals surface area (Å²) in [6, 6.07) is 5.32. The summed E-state index contributed by atoms with van der Waals surface area (Å²) in [6.07, 6.45) is 0. The highest BCUT2D eigenvalue weighted by atomic mass is 32.1. The molecule has 8 heteroatoms. The third kappa shape index (κ3) is 2.72. The van der Waals surface area contributed by atoms with E-state index in [0.717, 1.165) is 10.4 Å². The molecule has 0 aliphatic carbocycles. The molecular formula is C15H16N4O3S. The highest BCUT2D eigenvalue weighted by Crippen LogP contribution is 2.38. The quantitative estimate of drug-likeness (QED) is 0.794. The number of amides is 1. The van der Waals surface area contributed by atoms with Crippen molar-refractivity contribution in [2.24, 2.45) is 7.05 Å². The van der Waals surface area contributed by atoms with E-state index in [2.05, 4.69) is 15.4 Å². The zero-order valence-corrected chi connectivity index (χ0v) is 14.0. The van der Waals surface area contributed by atoms with Gasteiger partial charge in [-0.1, -0.05) is 11.3 Å². The Hall–Kier alpha value is -2.61. The molecule has 0 atom stereocenters. The first-order chi connectivity index (χ1) is 11.0. The Morgan fingerprint density at radius 1 is 1.26 bits per heavy atom. The molecule has 1 N–H and O–H groups in total. The predicted molar refractivity (Wildman–Crippen MR) is 88.6 cm³/mol. The van der Waals surface area contributed by atoms with Gasteiger partial charge in [-0.2, -0.15) is 5.10 Å². The molecule has 0 saturated carbocycles. The van der Waals surface area contributed by atoms with Crippen molar-refractivity contribution in [3.63, 3.8) is 0 Å². The van der Waals surface area contributed by atoms with Gasteiger partial charge in [-0.05, 0) is 25.1 Å². The molecule has 7 nitrogen and oxygen atoms in total. The Morgan fingerprint density at radius 3 is 2.57 bits per heavy atom. The molecule has 0 aliphatic rings. The smallest absolute Gasteiger partial charge is 0.277 e. The van der Waals surface area contributed by atoms with Crippen molar-refractivity contribution in [2.75, 3.05) is 19.5 Å². The van der Waals surface area contributed by atoms with E-state index < -0.39 is 0 Å². The summed E-state index contributed by atoms with van der Waals surface area (Å²) >= 11 is 1.33. The standard InChI is InChI=1S/C15H16N4O3S/c1-8-7-9(18-19(8)2)14(20)17-15-16-12-10(21-3)5-6-11(22-4)13(12)23-15/h5-7H,1-4H3,(H,16,17,20). The van der Waals surface area contributed by atoms with Crippen LogP contribution in [-0.4, -0.2) is 34.9 Å². The highest BCUT2D eigenvalue weighted by Gasteiger charge is 2.17. The summed E-state index contributed by atoms with van der Waals surface area (Å²) in [7, 11) is 4.96. The molecule has 0 aliphatic heterocycles. The maximum absolute atomic E-state index is 12.3. The number of aromatic nitrogens is 3. The third-order valence-corrected chi connectivity index (χ3v) is 4.46. The Bertz CT molecular complexity index is 824. The summed E-state index contributed by atoms with van der Waals surface area (Å²) in [6.45, 7) is 1.89. The summed E-state index contributed by atoms with van der Waals surface area (Å²) < 4.78 is 13.1. The van der Waals surface area contributed by atoms with Crippen molar-refractivity contribution in [1.29, 1.82) is 0 Å². The minimum atomic E-state index is -0.300. The topological polar surface area (TPSA) is 78.3 Å². The number of hydrogen-bond donors (Lipinski definition) is 1. The van der Waals surface area contributed by atoms with Crippen LogP contribution in [-0.2, 0) is 7.05 Å². The number of thiazole rings is 1. The van der Waals surface area contributed by atoms with Crippen LogP contribution in [0, 0.1) is 6.92 Å². The fourth-order valence-electron chi connectivity index (χ4n) is 2.17. The fourth-order valence-corrected chi connectivity index (χ4v) is 3.14. The molecule has 1 amide bonds. The van der Waals surface area contributed by atoms with Crippen LogP contribution in [0.4, 0.5) is 5.13 Å². The first-order valence-electron chi connectivity index (χ1n) is 6.87. The van der Waals surface area contributed by atoms with Crippen LogP contribution in [0.2, 0.25) is 0 Å². The predicted octanol–water partition coefficient (Wildman–Crippen LogP) is 2.61. The average molecular weight is 332 g/mol. The average Bonchev–Trinajstić information content (AvgIpc) is 3.10. The van der Waals surface area contributed by atoms with Crippen molar-refractivity contribution < 1.29 is 14.3 Å². The van der Waals surface area contributed by atoms with Gasteiger partial charge < -0.3 is 9.47 Å². The Kier molecular flexibility index (Phi) is 3.91. The zero-order valence-electron chi connectivity index (χ0n) is 13.2. The molecule has 23 heavy (non-hydrogen) atoms. The molecule has 3 aromatic rings. The number of rotatable bonds is 4. The maximum Gasteiger partial charge on any atom is 0.277 e. The minimum absolute atomic E-state index is 0.300. The number of carbonyl (C=O) groups excluding carboxylic acids is 1. The first-order valence-corrected chi connectivity index (χ1v) is 7.68. The number of nitrogens with one attached hydrogen (secondary N) is 1. The lowest BCUT2D eigenvalue weighted by atomic mass is 10.3. The van der Waals surface area contributed by atoms with Gasteiger partial charge in [0.25, 0.3) is 5.91 Å². The third-order valence-electron chi connectivity index (χ3n) is 3.48. The van der Waals surface area contributed by atoms with Crippen molar-refractivity contribution in [3.8, 4) is 11.5 Å². The number of hydrogen-bond acceptors (Lipinski definition) is 6. The van der Waals surface area contributed by atoms with E-state index in [1.807, 2.05) is 13.0 Å². The lowest BCUT2D eigenvalue weighted by molar-refractivity contribution is 0.102. The van der Waals surface area contributed by atoms with Crippen molar-refractivity contribution >= 4 is 32.6 Å². The molecule has 3 rings (SSSR count). The molecule has 0 radical (unpaired) electrons. The Morgan fingerprint density at radius 2 is 1.96 bits per heavy atom. The molecule has 0 bridgehead atoms. The van der Waals surface area contributed by atoms with E-state index in [1.165, 1.54) is 11.3 Å². The largest absolute Gasteiger partial charge is 0.495 e. The van der Waals surface area contributed by atoms with E-state index in [1.54, 1.807) is 38.1 Å². The Balaban J connectivity index is 1.95. The number of methoxy groups -OCH3 is 2. The van der Waals surface area contributed by atoms with Gasteiger partial charge in [-0.25, -0.2) is 4.98 Å². The molecule has 0 fully saturated rings. The number of benzene rings is 1. The molecule has 0 saturated heterocycles. The van der Waals surface area contributed by atoms with Gasteiger partial charge in [-0.15, -0.1) is 0 Å². The first kappa shape index (κ1) is 15.3. The number of carbonyl (C=O) groups is 1. The van der Waals surface area contributed by atoms with Crippen molar-refractivity contribution in [1.82, 2.24) is 14.8 Å². The SMILES string of the molecule is COc1ccc(OC)c2sc(NC(=O)c3cc(C)n(C)n3)nc12. The second-order valence-corrected chi connectivity index (χ2v) is 5.91. The molecule has 120 valence electrons. The van der Waals surface area contributed by atoms with Crippen LogP contribution in [0.15, 0.2) is 18.2 Å². The molecular weight excluding hydrogens is 316 g/mol. The molecule has 0 spiro atoms. The number of aryl methyl sites for hydroxylation is 2.